The van der Waals surface area contributed by atoms with E-state index in [1.807, 2.05) is 0 Å². The van der Waals surface area contributed by atoms with Gasteiger partial charge >= 0.3 is 5.97 Å². The number of morpholine rings is 1. The molecular weight excluding hydrogens is 260 g/mol. The number of hydrogen-bond acceptors (Lipinski definition) is 4. The molecule has 0 aromatic carbocycles. The minimum atomic E-state index is -0.992. The number of carbonyl (C=O) groups is 2. The van der Waals surface area contributed by atoms with Crippen LogP contribution in [0.1, 0.15) is 32.6 Å². The number of ether oxygens (including phenoxy) is 1. The van der Waals surface area contributed by atoms with Crippen molar-refractivity contribution in [2.24, 2.45) is 5.41 Å². The topological polar surface area (TPSA) is 78.9 Å². The second-order valence-corrected chi connectivity index (χ2v) is 5.76. The van der Waals surface area contributed by atoms with Crippen LogP contribution >= 0.6 is 0 Å². The monoisotopic (exact) mass is 284 g/mol. The van der Waals surface area contributed by atoms with Crippen LogP contribution < -0.4 is 5.32 Å². The molecule has 2 saturated heterocycles. The van der Waals surface area contributed by atoms with Gasteiger partial charge in [0.05, 0.1) is 18.6 Å². The summed E-state index contributed by atoms with van der Waals surface area (Å²) in [6.45, 7) is 4.71. The molecule has 2 aliphatic rings. The van der Waals surface area contributed by atoms with Crippen molar-refractivity contribution >= 4 is 11.9 Å². The van der Waals surface area contributed by atoms with Gasteiger partial charge in [-0.25, -0.2) is 4.79 Å². The van der Waals surface area contributed by atoms with Gasteiger partial charge in [0, 0.05) is 13.1 Å². The van der Waals surface area contributed by atoms with E-state index in [2.05, 4.69) is 12.2 Å². The second kappa shape index (κ2) is 6.54. The molecular formula is C14H24N2O4. The summed E-state index contributed by atoms with van der Waals surface area (Å²) < 4.78 is 5.19. The number of carboxylic acid groups (broad SMARTS) is 1. The molecule has 2 heterocycles. The number of carboxylic acids is 1. The zero-order chi connectivity index (χ0) is 14.6. The number of nitrogens with one attached hydrogen (secondary N) is 1. The number of hydrogen-bond donors (Lipinski definition) is 2. The van der Waals surface area contributed by atoms with Gasteiger partial charge in [-0.3, -0.25) is 4.79 Å². The first-order valence-corrected chi connectivity index (χ1v) is 7.43. The summed E-state index contributed by atoms with van der Waals surface area (Å²) in [5, 5.41) is 12.4. The van der Waals surface area contributed by atoms with Crippen molar-refractivity contribution in [2.45, 2.75) is 38.7 Å². The standard InChI is InChI=1S/C14H24N2O4/c1-2-4-14(5-3-6-15-10-14)13(19)16-7-8-20-11(9-16)12(17)18/h11,15H,2-10H2,1H3,(H,17,18). The molecule has 114 valence electrons. The van der Waals surface area contributed by atoms with Gasteiger partial charge in [0.1, 0.15) is 0 Å². The Kier molecular flexibility index (Phi) is 4.99. The number of carbonyl (C=O) groups excluding carboxylic acids is 1. The summed E-state index contributed by atoms with van der Waals surface area (Å²) in [5.74, 6) is -0.894. The molecule has 6 heteroatoms. The third kappa shape index (κ3) is 3.12. The molecule has 0 aromatic rings. The van der Waals surface area contributed by atoms with Crippen LogP contribution in [0.15, 0.2) is 0 Å². The lowest BCUT2D eigenvalue weighted by Crippen LogP contribution is -2.56. The lowest BCUT2D eigenvalue weighted by atomic mass is 9.75. The number of amides is 1. The summed E-state index contributed by atoms with van der Waals surface area (Å²) in [7, 11) is 0. The zero-order valence-corrected chi connectivity index (χ0v) is 12.1. The molecule has 2 N–H and O–H groups in total. The number of nitrogens with zero attached hydrogens (tertiary/aromatic N) is 1. The molecule has 2 atom stereocenters. The van der Waals surface area contributed by atoms with Crippen molar-refractivity contribution in [1.29, 1.82) is 0 Å². The van der Waals surface area contributed by atoms with Gasteiger partial charge in [-0.15, -0.1) is 0 Å². The Morgan fingerprint density at radius 3 is 2.90 bits per heavy atom. The molecule has 2 rings (SSSR count). The lowest BCUT2D eigenvalue weighted by Gasteiger charge is -2.42. The van der Waals surface area contributed by atoms with Crippen molar-refractivity contribution in [3.63, 3.8) is 0 Å². The summed E-state index contributed by atoms with van der Waals surface area (Å²) in [6, 6.07) is 0. The molecule has 0 radical (unpaired) electrons. The van der Waals surface area contributed by atoms with E-state index in [1.165, 1.54) is 0 Å². The van der Waals surface area contributed by atoms with E-state index in [9.17, 15) is 9.59 Å². The van der Waals surface area contributed by atoms with E-state index in [4.69, 9.17) is 9.84 Å². The fraction of sp³-hybridized carbons (Fsp3) is 0.857. The molecule has 0 aromatic heterocycles. The quantitative estimate of drug-likeness (QED) is 0.784. The normalized spacial score (nSPS) is 31.1. The smallest absolute Gasteiger partial charge is 0.334 e. The van der Waals surface area contributed by atoms with Gasteiger partial charge in [0.2, 0.25) is 5.91 Å². The van der Waals surface area contributed by atoms with Crippen LogP contribution in [0.3, 0.4) is 0 Å². The third-order valence-electron chi connectivity index (χ3n) is 4.28. The van der Waals surface area contributed by atoms with Crippen LogP contribution in [0.2, 0.25) is 0 Å². The fourth-order valence-electron chi connectivity index (χ4n) is 3.27. The Morgan fingerprint density at radius 2 is 2.30 bits per heavy atom. The van der Waals surface area contributed by atoms with Gasteiger partial charge in [-0.2, -0.15) is 0 Å². The number of piperidine rings is 1. The first-order chi connectivity index (χ1) is 9.59. The molecule has 6 nitrogen and oxygen atoms in total. The molecule has 1 amide bonds. The molecule has 0 aliphatic carbocycles. The van der Waals surface area contributed by atoms with E-state index in [1.54, 1.807) is 4.90 Å². The average molecular weight is 284 g/mol. The predicted octanol–water partition coefficient (Wildman–Crippen LogP) is 0.468. The minimum absolute atomic E-state index is 0.0982. The molecule has 2 unspecified atom stereocenters. The van der Waals surface area contributed by atoms with Gasteiger partial charge in [-0.05, 0) is 25.8 Å². The van der Waals surface area contributed by atoms with Crippen LogP contribution in [0, 0.1) is 5.41 Å². The average Bonchev–Trinajstić information content (AvgIpc) is 2.48. The highest BCUT2D eigenvalue weighted by atomic mass is 16.5. The van der Waals surface area contributed by atoms with E-state index in [0.717, 1.165) is 32.2 Å². The summed E-state index contributed by atoms with van der Waals surface area (Å²) in [6.07, 6.45) is 2.82. The summed E-state index contributed by atoms with van der Waals surface area (Å²) >= 11 is 0. The fourth-order valence-corrected chi connectivity index (χ4v) is 3.27. The van der Waals surface area contributed by atoms with Crippen LogP contribution in [0.25, 0.3) is 0 Å². The van der Waals surface area contributed by atoms with E-state index < -0.39 is 12.1 Å². The summed E-state index contributed by atoms with van der Waals surface area (Å²) in [5.41, 5.74) is -0.354. The molecule has 0 saturated carbocycles. The highest BCUT2D eigenvalue weighted by Crippen LogP contribution is 2.34. The number of rotatable bonds is 4. The van der Waals surface area contributed by atoms with Crippen molar-refractivity contribution in [3.05, 3.63) is 0 Å². The van der Waals surface area contributed by atoms with Gasteiger partial charge in [-0.1, -0.05) is 13.3 Å². The Bertz CT molecular complexity index is 361. The first-order valence-electron chi connectivity index (χ1n) is 7.43. The largest absolute Gasteiger partial charge is 0.479 e. The van der Waals surface area contributed by atoms with Gasteiger partial charge in [0.25, 0.3) is 0 Å². The van der Waals surface area contributed by atoms with Crippen LogP contribution in [-0.4, -0.2) is 60.8 Å². The minimum Gasteiger partial charge on any atom is -0.479 e. The SMILES string of the molecule is CCCC1(C(=O)N2CCOC(C(=O)O)C2)CCCNC1. The number of aliphatic carboxylic acids is 1. The molecule has 2 aliphatic heterocycles. The maximum atomic E-state index is 12.9. The molecule has 0 spiro atoms. The highest BCUT2D eigenvalue weighted by Gasteiger charge is 2.43. The van der Waals surface area contributed by atoms with Crippen LogP contribution in [-0.2, 0) is 14.3 Å². The van der Waals surface area contributed by atoms with Crippen molar-refractivity contribution < 1.29 is 19.4 Å². The van der Waals surface area contributed by atoms with Gasteiger partial charge in [0.15, 0.2) is 6.10 Å². The van der Waals surface area contributed by atoms with Crippen molar-refractivity contribution in [3.8, 4) is 0 Å². The van der Waals surface area contributed by atoms with Crippen LogP contribution in [0.5, 0.6) is 0 Å². The first kappa shape index (κ1) is 15.3. The Hall–Kier alpha value is -1.14. The van der Waals surface area contributed by atoms with E-state index >= 15 is 0 Å². The van der Waals surface area contributed by atoms with E-state index in [-0.39, 0.29) is 17.9 Å². The van der Waals surface area contributed by atoms with E-state index in [0.29, 0.717) is 19.7 Å². The Balaban J connectivity index is 2.08. The Labute approximate surface area is 119 Å². The van der Waals surface area contributed by atoms with Crippen LogP contribution in [0.4, 0.5) is 0 Å². The van der Waals surface area contributed by atoms with Crippen molar-refractivity contribution in [1.82, 2.24) is 10.2 Å². The second-order valence-electron chi connectivity index (χ2n) is 5.76. The molecule has 0 bridgehead atoms. The maximum absolute atomic E-state index is 12.9. The summed E-state index contributed by atoms with van der Waals surface area (Å²) in [4.78, 5) is 25.6. The van der Waals surface area contributed by atoms with Gasteiger partial charge < -0.3 is 20.1 Å². The molecule has 2 fully saturated rings. The van der Waals surface area contributed by atoms with Crippen molar-refractivity contribution in [2.75, 3.05) is 32.8 Å². The zero-order valence-electron chi connectivity index (χ0n) is 12.1. The molecule has 20 heavy (non-hydrogen) atoms. The lowest BCUT2D eigenvalue weighted by molar-refractivity contribution is -0.163. The maximum Gasteiger partial charge on any atom is 0.334 e. The predicted molar refractivity (Wildman–Crippen MR) is 73.4 cm³/mol. The highest BCUT2D eigenvalue weighted by molar-refractivity contribution is 5.84. The Morgan fingerprint density at radius 1 is 1.50 bits per heavy atom. The third-order valence-corrected chi connectivity index (χ3v) is 4.28.